The molecule has 666 valence electrons. The Hall–Kier alpha value is -3.22. The number of ether oxygens (including phenoxy) is 4. The van der Waals surface area contributed by atoms with Crippen LogP contribution in [-0.4, -0.2) is 137 Å². The molecule has 0 heterocycles. The Morgan fingerprint density at radius 2 is 0.600 bits per heavy atom. The van der Waals surface area contributed by atoms with Crippen LogP contribution in [0, 0.1) is 0 Å². The van der Waals surface area contributed by atoms with Crippen molar-refractivity contribution in [1.29, 1.82) is 0 Å². The number of rotatable bonds is 87. The number of nitrogens with one attached hydrogen (secondary N) is 4. The van der Waals surface area contributed by atoms with Gasteiger partial charge in [-0.15, -0.1) is 0 Å². The largest absolute Gasteiger partial charge is 1.00 e. The van der Waals surface area contributed by atoms with E-state index < -0.39 is 103 Å². The van der Waals surface area contributed by atoms with Crippen LogP contribution in [0.4, 0.5) is 0 Å². The number of ketones is 2. The van der Waals surface area contributed by atoms with Crippen LogP contribution in [0.15, 0.2) is 24.3 Å². The van der Waals surface area contributed by atoms with E-state index in [0.717, 1.165) is 141 Å². The van der Waals surface area contributed by atoms with Crippen molar-refractivity contribution in [3.63, 3.8) is 0 Å². The summed E-state index contributed by atoms with van der Waals surface area (Å²) in [4.78, 5) is 130. The van der Waals surface area contributed by atoms with Crippen molar-refractivity contribution in [3.05, 3.63) is 24.3 Å². The number of phosphoric acid groups is 2. The second-order valence-electron chi connectivity index (χ2n) is 31.0. The van der Waals surface area contributed by atoms with Gasteiger partial charge in [-0.3, -0.25) is 47.5 Å². The van der Waals surface area contributed by atoms with Gasteiger partial charge in [0.1, 0.15) is 23.8 Å². The third-order valence-corrected chi connectivity index (χ3v) is 21.7. The van der Waals surface area contributed by atoms with Crippen molar-refractivity contribution in [1.82, 2.24) is 21.3 Å². The molecule has 0 saturated carbocycles. The normalized spacial score (nSPS) is 13.7. The van der Waals surface area contributed by atoms with E-state index in [-0.39, 0.29) is 131 Å². The third kappa shape index (κ3) is 80.3. The Bertz CT molecular complexity index is 2390. The van der Waals surface area contributed by atoms with Gasteiger partial charge in [-0.1, -0.05) is 258 Å². The summed E-state index contributed by atoms with van der Waals surface area (Å²) >= 11 is 0. The Morgan fingerprint density at radius 1 is 0.313 bits per heavy atom. The van der Waals surface area contributed by atoms with Crippen LogP contribution in [0.2, 0.25) is 0 Å². The van der Waals surface area contributed by atoms with Gasteiger partial charge in [0, 0.05) is 64.5 Å². The summed E-state index contributed by atoms with van der Waals surface area (Å²) in [5, 5.41) is 10.6. The van der Waals surface area contributed by atoms with E-state index in [1.165, 1.54) is 103 Å². The van der Waals surface area contributed by atoms with Crippen molar-refractivity contribution in [2.24, 2.45) is 0 Å². The van der Waals surface area contributed by atoms with Gasteiger partial charge in [0.15, 0.2) is 0 Å². The van der Waals surface area contributed by atoms with Gasteiger partial charge >= 0.3 is 41.5 Å². The summed E-state index contributed by atoms with van der Waals surface area (Å²) in [5.74, 6) is -3.08. The average Bonchev–Trinajstić information content (AvgIpc) is 0.902. The summed E-state index contributed by atoms with van der Waals surface area (Å²) < 4.78 is 70.4. The first-order valence-electron chi connectivity index (χ1n) is 45.4. The Balaban J connectivity index is 0. The monoisotopic (exact) mass is 1680 g/mol. The van der Waals surface area contributed by atoms with Gasteiger partial charge in [-0.25, -0.2) is 0 Å². The van der Waals surface area contributed by atoms with E-state index in [0.29, 0.717) is 64.2 Å². The molecule has 27 heteroatoms. The maximum atomic E-state index is 13.2. The number of Topliss-reactive ketones (excluding diaryl/α,β-unsaturated/α-hetero) is 2. The fourth-order valence-electron chi connectivity index (χ4n) is 12.9. The summed E-state index contributed by atoms with van der Waals surface area (Å²) in [7, 11) is -10.00. The molecule has 0 rings (SSSR count). The van der Waals surface area contributed by atoms with E-state index in [9.17, 15) is 57.3 Å². The molecule has 0 spiro atoms. The SMILES string of the molecule is CCCCCC/C=C/CCCC(=O)OC(CCCCCCC)CCOCC(COP(=O)([O-])OCCNC(=O)CCCCC(=O)NCCOP(=O)([O-])OCC(COCCC(CCCCCCC)OC(=O)CCC/C=C/CCCCCC)NC(=O)CC(=O)CCCCCCCCCCC)NC(=O)CC(=O)CCCCCCCCCCC.[Na+]. The number of unbranched alkanes of at least 4 members (excludes halogenated alkanes) is 35. The minimum Gasteiger partial charge on any atom is -0.756 e. The van der Waals surface area contributed by atoms with E-state index in [4.69, 9.17) is 37.0 Å². The van der Waals surface area contributed by atoms with Crippen LogP contribution >= 0.6 is 15.6 Å². The van der Waals surface area contributed by atoms with E-state index in [2.05, 4.69) is 87.1 Å². The minimum atomic E-state index is -5.00. The third-order valence-electron chi connectivity index (χ3n) is 19.8. The number of carbonyl (C=O) groups excluding carboxylic acids is 8. The van der Waals surface area contributed by atoms with Gasteiger partial charge in [0.05, 0.1) is 77.8 Å². The maximum absolute atomic E-state index is 13.2. The molecular weight excluding hydrogens is 1520 g/mol. The molecule has 0 radical (unpaired) electrons. The van der Waals surface area contributed by atoms with Gasteiger partial charge in [-0.2, -0.15) is 0 Å². The van der Waals surface area contributed by atoms with Crippen LogP contribution in [0.1, 0.15) is 401 Å². The second kappa shape index (κ2) is 83.1. The molecule has 115 heavy (non-hydrogen) atoms. The second-order valence-corrected chi connectivity index (χ2v) is 33.8. The molecular formula is C88H162N4NaO20P2-. The van der Waals surface area contributed by atoms with Gasteiger partial charge in [0.25, 0.3) is 15.6 Å². The zero-order valence-corrected chi connectivity index (χ0v) is 77.1. The number of phosphoric ester groups is 2. The van der Waals surface area contributed by atoms with Crippen LogP contribution in [0.5, 0.6) is 0 Å². The molecule has 4 amide bonds. The van der Waals surface area contributed by atoms with Crippen molar-refractivity contribution >= 4 is 62.8 Å². The smallest absolute Gasteiger partial charge is 0.756 e. The van der Waals surface area contributed by atoms with Crippen molar-refractivity contribution < 1.29 is 124 Å². The fraction of sp³-hybridized carbons (Fsp3) is 0.864. The molecule has 4 N–H and O–H groups in total. The molecule has 0 bridgehead atoms. The van der Waals surface area contributed by atoms with Crippen LogP contribution in [0.3, 0.4) is 0 Å². The average molecular weight is 1680 g/mol. The van der Waals surface area contributed by atoms with Gasteiger partial charge in [-0.05, 0) is 103 Å². The zero-order valence-electron chi connectivity index (χ0n) is 73.3. The zero-order chi connectivity index (χ0) is 83.9. The summed E-state index contributed by atoms with van der Waals surface area (Å²) in [6.45, 7) is 10.5. The first kappa shape index (κ1) is 114. The number of carbonyl (C=O) groups is 8. The number of allylic oxidation sites excluding steroid dienone is 4. The Labute approximate surface area is 719 Å². The predicted molar refractivity (Wildman–Crippen MR) is 451 cm³/mol. The molecule has 0 fully saturated rings. The molecule has 0 saturated heterocycles. The van der Waals surface area contributed by atoms with Crippen molar-refractivity contribution in [2.75, 3.05) is 65.9 Å². The van der Waals surface area contributed by atoms with Crippen LogP contribution in [0.25, 0.3) is 0 Å². The first-order chi connectivity index (χ1) is 55.2. The fourth-order valence-corrected chi connectivity index (χ4v) is 14.4. The molecule has 0 aliphatic carbocycles. The topological polar surface area (TPSA) is 339 Å². The molecule has 24 nitrogen and oxygen atoms in total. The Kier molecular flexibility index (Phi) is 82.2. The van der Waals surface area contributed by atoms with Crippen molar-refractivity contribution in [3.8, 4) is 0 Å². The summed E-state index contributed by atoms with van der Waals surface area (Å²) in [6.07, 6.45) is 55.3. The van der Waals surface area contributed by atoms with Gasteiger partial charge < -0.3 is 68.1 Å². The molecule has 0 aliphatic rings. The number of esters is 2. The molecule has 0 aromatic carbocycles. The van der Waals surface area contributed by atoms with E-state index >= 15 is 0 Å². The van der Waals surface area contributed by atoms with E-state index in [1.54, 1.807) is 0 Å². The molecule has 0 aromatic rings. The van der Waals surface area contributed by atoms with Crippen molar-refractivity contribution in [2.45, 2.75) is 425 Å². The quantitative estimate of drug-likeness (QED) is 0.0110. The minimum absolute atomic E-state index is 0. The maximum Gasteiger partial charge on any atom is 1.00 e. The standard InChI is InChI=1S/C88H164N4O20P2.Na/c1-7-13-19-25-29-33-37-43-47-55-79(93)71-85(97)91-77(73-105-67-63-81(57-49-41-23-17-11-5)111-87(99)61-51-45-39-35-31-27-21-15-9-3)75-109-113(101,102)107-69-65-89-83(95)59-53-54-60-84(96)90-66-70-108-114(103,104)110-76-78(92-86(98)72-80(94)56-48-44-38-34-30-26-20-14-8-2)74-106-68-64-82(58-50-42-24-18-12-6)112-88(100)62-52-46-40-36-32-28-22-16-10-4;/h35-36,39-40,77-78,81-82H,7-34,37-38,41-76H2,1-6H3,(H,89,95)(H,90,96)(H,91,97)(H,92,98)(H,101,102)(H,103,104);/q;+1/p-2/b39-35+,40-36+;. The van der Waals surface area contributed by atoms with E-state index in [1.807, 2.05) is 0 Å². The van der Waals surface area contributed by atoms with Crippen LogP contribution in [-0.2, 0) is 84.5 Å². The summed E-state index contributed by atoms with van der Waals surface area (Å²) in [5.41, 5.74) is 0. The van der Waals surface area contributed by atoms with Gasteiger partial charge in [0.2, 0.25) is 23.6 Å². The molecule has 6 unspecified atom stereocenters. The Morgan fingerprint density at radius 3 is 0.930 bits per heavy atom. The predicted octanol–water partition coefficient (Wildman–Crippen LogP) is 16.3. The summed E-state index contributed by atoms with van der Waals surface area (Å²) in [6, 6.07) is -2.00. The number of hydrogen-bond acceptors (Lipinski definition) is 20. The molecule has 0 aromatic heterocycles. The molecule has 6 atom stereocenters. The number of hydrogen-bond donors (Lipinski definition) is 4. The number of amides is 4. The van der Waals surface area contributed by atoms with Crippen LogP contribution < -0.4 is 60.6 Å². The molecule has 0 aliphatic heterocycles. The first-order valence-corrected chi connectivity index (χ1v) is 48.3.